The van der Waals surface area contributed by atoms with E-state index in [1.807, 2.05) is 4.90 Å². The number of anilines is 1. The third-order valence-corrected chi connectivity index (χ3v) is 6.49. The summed E-state index contributed by atoms with van der Waals surface area (Å²) in [5, 5.41) is 25.1. The van der Waals surface area contributed by atoms with Crippen molar-refractivity contribution in [2.45, 2.75) is 6.92 Å². The third kappa shape index (κ3) is 4.31. The first kappa shape index (κ1) is 21.4. The highest BCUT2D eigenvalue weighted by atomic mass is 32.2. The SMILES string of the molecule is Cc1nc(N2CCN(C(=O)c3cccnc3)CC2)nc([N+]2([O-])CCSCC2)c1[N+](=O)[O-]. The van der Waals surface area contributed by atoms with E-state index in [0.29, 0.717) is 49.2 Å². The number of aromatic nitrogens is 3. The van der Waals surface area contributed by atoms with Gasteiger partial charge in [0.2, 0.25) is 5.95 Å². The van der Waals surface area contributed by atoms with Gasteiger partial charge in [-0.3, -0.25) is 19.9 Å². The number of nitrogens with zero attached hydrogens (tertiary/aromatic N) is 7. The lowest BCUT2D eigenvalue weighted by Gasteiger charge is -2.43. The van der Waals surface area contributed by atoms with Crippen molar-refractivity contribution in [2.24, 2.45) is 0 Å². The number of amides is 1. The maximum Gasteiger partial charge on any atom is 0.371 e. The Labute approximate surface area is 183 Å². The summed E-state index contributed by atoms with van der Waals surface area (Å²) in [7, 11) is 0. The van der Waals surface area contributed by atoms with Crippen LogP contribution in [0.5, 0.6) is 0 Å². The zero-order chi connectivity index (χ0) is 22.0. The number of nitro groups is 1. The molecule has 31 heavy (non-hydrogen) atoms. The number of hydroxylamine groups is 2. The molecule has 0 atom stereocenters. The van der Waals surface area contributed by atoms with Crippen LogP contribution in [0.15, 0.2) is 24.5 Å². The molecule has 11 nitrogen and oxygen atoms in total. The fourth-order valence-corrected chi connectivity index (χ4v) is 4.86. The highest BCUT2D eigenvalue weighted by Crippen LogP contribution is 2.36. The topological polar surface area (TPSA) is 128 Å². The number of thioether (sulfide) groups is 1. The maximum atomic E-state index is 13.4. The smallest absolute Gasteiger partial charge is 0.371 e. The van der Waals surface area contributed by atoms with Gasteiger partial charge in [0.05, 0.1) is 23.6 Å². The van der Waals surface area contributed by atoms with Gasteiger partial charge < -0.3 is 19.7 Å². The molecule has 2 aromatic rings. The summed E-state index contributed by atoms with van der Waals surface area (Å²) in [6.45, 7) is 3.88. The van der Waals surface area contributed by atoms with E-state index in [1.165, 1.54) is 6.20 Å². The molecule has 0 N–H and O–H groups in total. The van der Waals surface area contributed by atoms with E-state index in [1.54, 1.807) is 41.9 Å². The second-order valence-corrected chi connectivity index (χ2v) is 8.73. The molecule has 164 valence electrons. The van der Waals surface area contributed by atoms with Crippen LogP contribution >= 0.6 is 11.8 Å². The lowest BCUT2D eigenvalue weighted by molar-refractivity contribution is -0.385. The number of carbonyl (C=O) groups excluding carboxylic acids is 1. The number of piperazine rings is 1. The quantitative estimate of drug-likeness (QED) is 0.298. The van der Waals surface area contributed by atoms with Gasteiger partial charge in [0, 0.05) is 50.1 Å². The molecule has 4 heterocycles. The molecule has 0 saturated carbocycles. The molecular formula is C19H23N7O4S. The standard InChI is InChI=1S/C19H23N7O4S/c1-14-16(25(28)29)17(26(30)9-11-31-12-10-26)22-19(21-14)24-7-5-23(6-8-24)18(27)15-3-2-4-20-13-15/h2-4,13H,5-12H2,1H3. The van der Waals surface area contributed by atoms with Crippen molar-refractivity contribution in [3.63, 3.8) is 0 Å². The predicted molar refractivity (Wildman–Crippen MR) is 118 cm³/mol. The van der Waals surface area contributed by atoms with Crippen LogP contribution < -0.4 is 9.55 Å². The minimum Gasteiger partial charge on any atom is -0.626 e. The zero-order valence-corrected chi connectivity index (χ0v) is 18.0. The minimum atomic E-state index is -0.806. The van der Waals surface area contributed by atoms with Gasteiger partial charge in [0.15, 0.2) is 0 Å². The summed E-state index contributed by atoms with van der Waals surface area (Å²) >= 11 is 1.66. The second-order valence-electron chi connectivity index (χ2n) is 7.51. The molecule has 0 radical (unpaired) electrons. The molecule has 2 saturated heterocycles. The Morgan fingerprint density at radius 1 is 1.19 bits per heavy atom. The van der Waals surface area contributed by atoms with Crippen LogP contribution in [0, 0.1) is 22.2 Å². The van der Waals surface area contributed by atoms with Crippen LogP contribution in [0.25, 0.3) is 0 Å². The summed E-state index contributed by atoms with van der Waals surface area (Å²) in [4.78, 5) is 40.1. The monoisotopic (exact) mass is 445 g/mol. The van der Waals surface area contributed by atoms with Gasteiger partial charge in [-0.2, -0.15) is 16.7 Å². The van der Waals surface area contributed by atoms with Crippen LogP contribution in [-0.4, -0.2) is 81.5 Å². The predicted octanol–water partition coefficient (Wildman–Crippen LogP) is 1.60. The second kappa shape index (κ2) is 8.73. The average molecular weight is 446 g/mol. The van der Waals surface area contributed by atoms with E-state index in [4.69, 9.17) is 0 Å². The van der Waals surface area contributed by atoms with Crippen molar-refractivity contribution in [3.05, 3.63) is 51.1 Å². The Bertz CT molecular complexity index is 977. The number of hydrogen-bond donors (Lipinski definition) is 0. The van der Waals surface area contributed by atoms with Crippen LogP contribution in [0.1, 0.15) is 16.1 Å². The molecule has 2 fully saturated rings. The Hall–Kier alpha value is -2.83. The van der Waals surface area contributed by atoms with Crippen molar-refractivity contribution in [1.29, 1.82) is 0 Å². The molecule has 0 spiro atoms. The van der Waals surface area contributed by atoms with Crippen LogP contribution in [0.4, 0.5) is 17.5 Å². The third-order valence-electron chi connectivity index (χ3n) is 5.55. The number of pyridine rings is 1. The molecule has 12 heteroatoms. The van der Waals surface area contributed by atoms with Gasteiger partial charge in [0.25, 0.3) is 5.91 Å². The molecule has 2 aliphatic rings. The fraction of sp³-hybridized carbons (Fsp3) is 0.474. The van der Waals surface area contributed by atoms with Gasteiger partial charge in [-0.1, -0.05) is 0 Å². The summed E-state index contributed by atoms with van der Waals surface area (Å²) < 4.78 is -0.806. The van der Waals surface area contributed by atoms with E-state index in [2.05, 4.69) is 15.0 Å². The molecule has 1 amide bonds. The van der Waals surface area contributed by atoms with E-state index in [9.17, 15) is 20.1 Å². The summed E-state index contributed by atoms with van der Waals surface area (Å²) in [6.07, 6.45) is 3.16. The van der Waals surface area contributed by atoms with Gasteiger partial charge in [-0.15, -0.1) is 0 Å². The van der Waals surface area contributed by atoms with Crippen LogP contribution in [0.3, 0.4) is 0 Å². The highest BCUT2D eigenvalue weighted by molar-refractivity contribution is 7.99. The van der Waals surface area contributed by atoms with E-state index >= 15 is 0 Å². The summed E-state index contributed by atoms with van der Waals surface area (Å²) in [5.41, 5.74) is 0.419. The molecular weight excluding hydrogens is 422 g/mol. The van der Waals surface area contributed by atoms with Crippen LogP contribution in [0.2, 0.25) is 0 Å². The summed E-state index contributed by atoms with van der Waals surface area (Å²) in [6, 6.07) is 3.45. The van der Waals surface area contributed by atoms with E-state index in [-0.39, 0.29) is 36.2 Å². The molecule has 2 aromatic heterocycles. The highest BCUT2D eigenvalue weighted by Gasteiger charge is 2.37. The van der Waals surface area contributed by atoms with E-state index in [0.717, 1.165) is 0 Å². The largest absolute Gasteiger partial charge is 0.626 e. The van der Waals surface area contributed by atoms with Crippen LogP contribution in [-0.2, 0) is 0 Å². The number of carbonyl (C=O) groups is 1. The molecule has 0 unspecified atom stereocenters. The van der Waals surface area contributed by atoms with Gasteiger partial charge >= 0.3 is 11.5 Å². The lowest BCUT2D eigenvalue weighted by Crippen LogP contribution is -2.51. The average Bonchev–Trinajstić information content (AvgIpc) is 2.79. The Morgan fingerprint density at radius 3 is 2.52 bits per heavy atom. The number of aryl methyl sites for hydroxylation is 1. The molecule has 4 rings (SSSR count). The maximum absolute atomic E-state index is 13.4. The Morgan fingerprint density at radius 2 is 1.90 bits per heavy atom. The van der Waals surface area contributed by atoms with Crippen molar-refractivity contribution in [3.8, 4) is 0 Å². The van der Waals surface area contributed by atoms with Crippen molar-refractivity contribution in [1.82, 2.24) is 24.5 Å². The van der Waals surface area contributed by atoms with E-state index < -0.39 is 9.57 Å². The Balaban J connectivity index is 1.56. The first-order chi connectivity index (χ1) is 14.9. The Kier molecular flexibility index (Phi) is 6.03. The lowest BCUT2D eigenvalue weighted by atomic mass is 10.2. The van der Waals surface area contributed by atoms with Gasteiger partial charge in [-0.25, -0.2) is 4.98 Å². The first-order valence-electron chi connectivity index (χ1n) is 10.0. The summed E-state index contributed by atoms with van der Waals surface area (Å²) in [5.74, 6) is 1.41. The number of rotatable bonds is 4. The molecule has 0 aliphatic carbocycles. The van der Waals surface area contributed by atoms with Gasteiger partial charge in [0.1, 0.15) is 5.69 Å². The van der Waals surface area contributed by atoms with Crippen molar-refractivity contribution >= 4 is 35.1 Å². The molecule has 2 aliphatic heterocycles. The minimum absolute atomic E-state index is 0.0679. The van der Waals surface area contributed by atoms with Crippen molar-refractivity contribution in [2.75, 3.05) is 55.7 Å². The number of hydrogen-bond acceptors (Lipinski definition) is 9. The van der Waals surface area contributed by atoms with Crippen molar-refractivity contribution < 1.29 is 9.72 Å². The number of quaternary nitrogens is 1. The molecule has 0 aromatic carbocycles. The first-order valence-corrected chi connectivity index (χ1v) is 11.2. The zero-order valence-electron chi connectivity index (χ0n) is 17.1. The molecule has 0 bridgehead atoms. The normalized spacial score (nSPS) is 18.6. The van der Waals surface area contributed by atoms with Gasteiger partial charge in [-0.05, 0) is 19.1 Å². The fourth-order valence-electron chi connectivity index (χ4n) is 3.81.